The smallest absolute Gasteiger partial charge is 0.355 e. The topological polar surface area (TPSA) is 74.3 Å². The molecule has 5 heteroatoms. The summed E-state index contributed by atoms with van der Waals surface area (Å²) in [4.78, 5) is 25.0. The number of nitrogens with zero attached hydrogens (tertiary/aromatic N) is 1. The number of fused-ring (bicyclic) bond motifs is 1. The van der Waals surface area contributed by atoms with Gasteiger partial charge in [0.2, 0.25) is 0 Å². The van der Waals surface area contributed by atoms with E-state index in [1.807, 2.05) is 36.4 Å². The van der Waals surface area contributed by atoms with Gasteiger partial charge in [0.25, 0.3) is 0 Å². The molecule has 0 unspecified atom stereocenters. The number of aromatic nitrogens is 1. The van der Waals surface area contributed by atoms with Gasteiger partial charge < -0.3 is 15.0 Å². The summed E-state index contributed by atoms with van der Waals surface area (Å²) in [7, 11) is 1.29. The van der Waals surface area contributed by atoms with Crippen molar-refractivity contribution < 1.29 is 9.53 Å². The highest BCUT2D eigenvalue weighted by atomic mass is 16.5. The maximum Gasteiger partial charge on any atom is 0.355 e. The fourth-order valence-electron chi connectivity index (χ4n) is 2.73. The summed E-state index contributed by atoms with van der Waals surface area (Å²) in [6.07, 6.45) is 0. The first kappa shape index (κ1) is 15.0. The molecular formula is C18H16N2O3. The number of hydrogen-bond acceptors (Lipinski definition) is 4. The molecule has 0 aliphatic heterocycles. The molecule has 23 heavy (non-hydrogen) atoms. The molecule has 0 atom stereocenters. The van der Waals surface area contributed by atoms with Crippen molar-refractivity contribution in [3.05, 3.63) is 76.1 Å². The molecule has 0 aliphatic rings. The number of carbonyl (C=O) groups is 1. The molecule has 0 aliphatic carbocycles. The van der Waals surface area contributed by atoms with Gasteiger partial charge in [0.15, 0.2) is 5.43 Å². The highest BCUT2D eigenvalue weighted by Gasteiger charge is 2.22. The van der Waals surface area contributed by atoms with Gasteiger partial charge in [-0.05, 0) is 24.3 Å². The minimum atomic E-state index is -0.586. The minimum absolute atomic E-state index is 0.0407. The summed E-state index contributed by atoms with van der Waals surface area (Å²) in [6, 6.07) is 16.5. The molecule has 2 aromatic carbocycles. The van der Waals surface area contributed by atoms with Crippen LogP contribution in [0.15, 0.2) is 59.4 Å². The van der Waals surface area contributed by atoms with Gasteiger partial charge in [-0.2, -0.15) is 0 Å². The highest BCUT2D eigenvalue weighted by Crippen LogP contribution is 2.22. The van der Waals surface area contributed by atoms with Crippen LogP contribution in [0.2, 0.25) is 0 Å². The molecule has 0 bridgehead atoms. The molecule has 3 rings (SSSR count). The van der Waals surface area contributed by atoms with Crippen LogP contribution < -0.4 is 11.2 Å². The third-order valence-corrected chi connectivity index (χ3v) is 3.77. The number of esters is 1. The number of para-hydroxylation sites is 2. The Kier molecular flexibility index (Phi) is 3.95. The lowest BCUT2D eigenvalue weighted by Gasteiger charge is -2.18. The van der Waals surface area contributed by atoms with Gasteiger partial charge in [0.1, 0.15) is 5.69 Å². The Balaban J connectivity index is 2.55. The van der Waals surface area contributed by atoms with E-state index in [9.17, 15) is 9.59 Å². The van der Waals surface area contributed by atoms with E-state index in [0.29, 0.717) is 10.9 Å². The average Bonchev–Trinajstić information content (AvgIpc) is 2.61. The Hall–Kier alpha value is -2.92. The number of nitrogens with two attached hydrogens (primary N) is 1. The van der Waals surface area contributed by atoms with Crippen LogP contribution in [0.3, 0.4) is 0 Å². The Bertz CT molecular complexity index is 930. The van der Waals surface area contributed by atoms with Gasteiger partial charge in [0.05, 0.1) is 12.6 Å². The number of ether oxygens (including phenoxy) is 1. The SMILES string of the molecule is COC(=O)c1c(CN)c(=O)c2ccccc2n1-c1ccccc1. The summed E-state index contributed by atoms with van der Waals surface area (Å²) in [5, 5.41) is 0.518. The van der Waals surface area contributed by atoms with Crippen molar-refractivity contribution in [3.63, 3.8) is 0 Å². The summed E-state index contributed by atoms with van der Waals surface area (Å²) in [5.74, 6) is -0.586. The molecule has 5 nitrogen and oxygen atoms in total. The van der Waals surface area contributed by atoms with Gasteiger partial charge in [0, 0.05) is 23.2 Å². The Morgan fingerprint density at radius 2 is 1.74 bits per heavy atom. The van der Waals surface area contributed by atoms with Crippen molar-refractivity contribution in [1.29, 1.82) is 0 Å². The average molecular weight is 308 g/mol. The highest BCUT2D eigenvalue weighted by molar-refractivity contribution is 5.95. The second kappa shape index (κ2) is 6.06. The van der Waals surface area contributed by atoms with E-state index in [1.165, 1.54) is 7.11 Å². The number of carbonyl (C=O) groups excluding carboxylic acids is 1. The predicted octanol–water partition coefficient (Wildman–Crippen LogP) is 2.24. The third-order valence-electron chi connectivity index (χ3n) is 3.77. The summed E-state index contributed by atoms with van der Waals surface area (Å²) in [5.41, 5.74) is 7.34. The number of methoxy groups -OCH3 is 1. The summed E-state index contributed by atoms with van der Waals surface area (Å²) in [6.45, 7) is -0.0407. The molecule has 3 aromatic rings. The summed E-state index contributed by atoms with van der Waals surface area (Å²) >= 11 is 0. The van der Waals surface area contributed by atoms with Crippen LogP contribution in [0.4, 0.5) is 0 Å². The zero-order valence-electron chi connectivity index (χ0n) is 12.7. The second-order valence-corrected chi connectivity index (χ2v) is 5.04. The fourth-order valence-corrected chi connectivity index (χ4v) is 2.73. The Labute approximate surface area is 132 Å². The Morgan fingerprint density at radius 3 is 2.39 bits per heavy atom. The van der Waals surface area contributed by atoms with Crippen LogP contribution in [0.25, 0.3) is 16.6 Å². The Morgan fingerprint density at radius 1 is 1.09 bits per heavy atom. The molecule has 0 saturated heterocycles. The van der Waals surface area contributed by atoms with E-state index in [-0.39, 0.29) is 23.2 Å². The van der Waals surface area contributed by atoms with Crippen LogP contribution in [0.1, 0.15) is 16.1 Å². The summed E-state index contributed by atoms with van der Waals surface area (Å²) < 4.78 is 6.62. The lowest BCUT2D eigenvalue weighted by molar-refractivity contribution is 0.0590. The zero-order valence-corrected chi connectivity index (χ0v) is 12.7. The van der Waals surface area contributed by atoms with Gasteiger partial charge in [-0.15, -0.1) is 0 Å². The molecule has 0 radical (unpaired) electrons. The first-order valence-corrected chi connectivity index (χ1v) is 7.19. The maximum absolute atomic E-state index is 12.7. The molecule has 0 fully saturated rings. The van der Waals surface area contributed by atoms with Gasteiger partial charge >= 0.3 is 5.97 Å². The van der Waals surface area contributed by atoms with Gasteiger partial charge in [-0.25, -0.2) is 4.79 Å². The van der Waals surface area contributed by atoms with Crippen molar-refractivity contribution in [2.45, 2.75) is 6.54 Å². The molecule has 1 aromatic heterocycles. The van der Waals surface area contributed by atoms with Crippen molar-refractivity contribution in [2.75, 3.05) is 7.11 Å². The van der Waals surface area contributed by atoms with Crippen LogP contribution in [0, 0.1) is 0 Å². The quantitative estimate of drug-likeness (QED) is 0.753. The zero-order chi connectivity index (χ0) is 16.4. The van der Waals surface area contributed by atoms with E-state index >= 15 is 0 Å². The third kappa shape index (κ3) is 2.41. The van der Waals surface area contributed by atoms with E-state index in [1.54, 1.807) is 22.8 Å². The molecular weight excluding hydrogens is 292 g/mol. The second-order valence-electron chi connectivity index (χ2n) is 5.04. The van der Waals surface area contributed by atoms with Crippen molar-refractivity contribution in [3.8, 4) is 5.69 Å². The molecule has 0 amide bonds. The fraction of sp³-hybridized carbons (Fsp3) is 0.111. The molecule has 0 spiro atoms. The maximum atomic E-state index is 12.7. The molecule has 0 saturated carbocycles. The van der Waals surface area contributed by atoms with Crippen LogP contribution in [-0.4, -0.2) is 17.6 Å². The van der Waals surface area contributed by atoms with Crippen molar-refractivity contribution in [1.82, 2.24) is 4.57 Å². The predicted molar refractivity (Wildman–Crippen MR) is 88.8 cm³/mol. The van der Waals surface area contributed by atoms with Crippen molar-refractivity contribution >= 4 is 16.9 Å². The standard InChI is InChI=1S/C18H16N2O3/c1-23-18(22)16-14(11-19)17(21)13-9-5-6-10-15(13)20(16)12-7-3-2-4-8-12/h2-10H,11,19H2,1H3. The monoisotopic (exact) mass is 308 g/mol. The number of pyridine rings is 1. The van der Waals surface area contributed by atoms with Crippen LogP contribution in [0.5, 0.6) is 0 Å². The van der Waals surface area contributed by atoms with E-state index in [4.69, 9.17) is 10.5 Å². The molecule has 1 heterocycles. The lowest BCUT2D eigenvalue weighted by atomic mass is 10.1. The normalized spacial score (nSPS) is 10.7. The molecule has 116 valence electrons. The number of rotatable bonds is 3. The number of benzene rings is 2. The van der Waals surface area contributed by atoms with Crippen molar-refractivity contribution in [2.24, 2.45) is 5.73 Å². The molecule has 2 N–H and O–H groups in total. The van der Waals surface area contributed by atoms with E-state index < -0.39 is 5.97 Å². The van der Waals surface area contributed by atoms with Gasteiger partial charge in [-0.3, -0.25) is 4.79 Å². The van der Waals surface area contributed by atoms with Crippen LogP contribution in [-0.2, 0) is 11.3 Å². The first-order valence-electron chi connectivity index (χ1n) is 7.19. The van der Waals surface area contributed by atoms with Crippen LogP contribution >= 0.6 is 0 Å². The number of hydrogen-bond donors (Lipinski definition) is 1. The lowest BCUT2D eigenvalue weighted by Crippen LogP contribution is -2.26. The first-order chi connectivity index (χ1) is 11.2. The van der Waals surface area contributed by atoms with Gasteiger partial charge in [-0.1, -0.05) is 30.3 Å². The van der Waals surface area contributed by atoms with E-state index in [0.717, 1.165) is 5.69 Å². The van der Waals surface area contributed by atoms with E-state index in [2.05, 4.69) is 0 Å². The largest absolute Gasteiger partial charge is 0.464 e. The minimum Gasteiger partial charge on any atom is -0.464 e.